The van der Waals surface area contributed by atoms with E-state index in [4.69, 9.17) is 0 Å². The van der Waals surface area contributed by atoms with Crippen molar-refractivity contribution in [1.29, 1.82) is 0 Å². The number of aryl methyl sites for hydroxylation is 2. The molecule has 1 aromatic rings. The Labute approximate surface area is 112 Å². The minimum absolute atomic E-state index is 0.417. The summed E-state index contributed by atoms with van der Waals surface area (Å²) >= 11 is 0. The summed E-state index contributed by atoms with van der Waals surface area (Å²) < 4.78 is 0. The third-order valence-electron chi connectivity index (χ3n) is 4.36. The Kier molecular flexibility index (Phi) is 3.82. The van der Waals surface area contributed by atoms with Crippen LogP contribution >= 0.6 is 0 Å². The van der Waals surface area contributed by atoms with Gasteiger partial charge < -0.3 is 5.32 Å². The summed E-state index contributed by atoms with van der Waals surface area (Å²) in [6, 6.07) is 6.88. The highest BCUT2D eigenvalue weighted by Crippen LogP contribution is 2.54. The summed E-state index contributed by atoms with van der Waals surface area (Å²) in [7, 11) is 0. The minimum atomic E-state index is 0.417. The van der Waals surface area contributed by atoms with E-state index in [1.54, 1.807) is 5.56 Å². The summed E-state index contributed by atoms with van der Waals surface area (Å²) in [4.78, 5) is 0. The molecular weight excluding hydrogens is 218 g/mol. The van der Waals surface area contributed by atoms with Crippen LogP contribution in [0.4, 0.5) is 0 Å². The van der Waals surface area contributed by atoms with Crippen LogP contribution in [0.25, 0.3) is 0 Å². The van der Waals surface area contributed by atoms with Gasteiger partial charge in [0.2, 0.25) is 0 Å². The Morgan fingerprint density at radius 1 is 1.33 bits per heavy atom. The van der Waals surface area contributed by atoms with Gasteiger partial charge in [0.15, 0.2) is 0 Å². The molecule has 1 N–H and O–H groups in total. The van der Waals surface area contributed by atoms with Crippen LogP contribution in [0.3, 0.4) is 0 Å². The van der Waals surface area contributed by atoms with Gasteiger partial charge in [-0.1, -0.05) is 44.5 Å². The van der Waals surface area contributed by atoms with Crippen molar-refractivity contribution >= 4 is 0 Å². The molecule has 1 fully saturated rings. The molecule has 0 spiro atoms. The predicted molar refractivity (Wildman–Crippen MR) is 79.1 cm³/mol. The molecule has 1 aromatic carbocycles. The van der Waals surface area contributed by atoms with E-state index in [0.717, 1.165) is 18.4 Å². The molecule has 100 valence electrons. The Morgan fingerprint density at radius 2 is 2.06 bits per heavy atom. The van der Waals surface area contributed by atoms with E-state index in [1.165, 1.54) is 24.1 Å². The third kappa shape index (κ3) is 2.77. The van der Waals surface area contributed by atoms with Gasteiger partial charge in [-0.3, -0.25) is 0 Å². The van der Waals surface area contributed by atoms with Gasteiger partial charge in [0.25, 0.3) is 0 Å². The van der Waals surface area contributed by atoms with Gasteiger partial charge >= 0.3 is 0 Å². The third-order valence-corrected chi connectivity index (χ3v) is 4.36. The molecule has 1 aliphatic carbocycles. The molecule has 0 amide bonds. The Hall–Kier alpha value is -0.820. The van der Waals surface area contributed by atoms with Crippen LogP contribution in [-0.2, 0) is 5.41 Å². The highest BCUT2D eigenvalue weighted by Gasteiger charge is 2.51. The zero-order valence-electron chi connectivity index (χ0n) is 12.5. The Balaban J connectivity index is 2.00. The van der Waals surface area contributed by atoms with Crippen molar-refractivity contribution in [1.82, 2.24) is 5.32 Å². The van der Waals surface area contributed by atoms with Crippen LogP contribution in [0.2, 0.25) is 0 Å². The van der Waals surface area contributed by atoms with Crippen LogP contribution in [-0.4, -0.2) is 13.1 Å². The lowest BCUT2D eigenvalue weighted by Crippen LogP contribution is -2.24. The first-order chi connectivity index (χ1) is 8.43. The maximum Gasteiger partial charge on any atom is -0.00117 e. The van der Waals surface area contributed by atoms with Crippen molar-refractivity contribution in [3.63, 3.8) is 0 Å². The van der Waals surface area contributed by atoms with Gasteiger partial charge in [0.1, 0.15) is 0 Å². The number of benzene rings is 1. The zero-order chi connectivity index (χ0) is 13.3. The standard InChI is InChI=1S/C17H27N/c1-12(2)10-18-11-15-9-17(15,5)16-8-13(3)6-7-14(16)4/h6-8,12,15,18H,9-11H2,1-5H3. The van der Waals surface area contributed by atoms with E-state index in [9.17, 15) is 0 Å². The molecule has 1 aliphatic rings. The second kappa shape index (κ2) is 5.05. The van der Waals surface area contributed by atoms with E-state index in [2.05, 4.69) is 58.1 Å². The number of nitrogens with one attached hydrogen (secondary N) is 1. The van der Waals surface area contributed by atoms with E-state index < -0.39 is 0 Å². The molecule has 0 heterocycles. The highest BCUT2D eigenvalue weighted by atomic mass is 14.9. The maximum absolute atomic E-state index is 3.61. The predicted octanol–water partition coefficient (Wildman–Crippen LogP) is 3.83. The monoisotopic (exact) mass is 245 g/mol. The van der Waals surface area contributed by atoms with Crippen LogP contribution in [0.5, 0.6) is 0 Å². The summed E-state index contributed by atoms with van der Waals surface area (Å²) in [5.74, 6) is 1.56. The van der Waals surface area contributed by atoms with Gasteiger partial charge in [-0.2, -0.15) is 0 Å². The van der Waals surface area contributed by atoms with Crippen molar-refractivity contribution in [2.45, 2.75) is 46.5 Å². The summed E-state index contributed by atoms with van der Waals surface area (Å²) in [6.45, 7) is 13.7. The molecule has 0 saturated heterocycles. The van der Waals surface area contributed by atoms with Crippen molar-refractivity contribution < 1.29 is 0 Å². The lowest BCUT2D eigenvalue weighted by molar-refractivity contribution is 0.515. The lowest BCUT2D eigenvalue weighted by atomic mass is 9.90. The first-order valence-electron chi connectivity index (χ1n) is 7.22. The molecule has 1 heteroatoms. The van der Waals surface area contributed by atoms with Gasteiger partial charge in [0.05, 0.1) is 0 Å². The van der Waals surface area contributed by atoms with Crippen molar-refractivity contribution in [2.75, 3.05) is 13.1 Å². The van der Waals surface area contributed by atoms with Crippen molar-refractivity contribution in [3.8, 4) is 0 Å². The fourth-order valence-electron chi connectivity index (χ4n) is 2.98. The average molecular weight is 245 g/mol. The molecule has 18 heavy (non-hydrogen) atoms. The fourth-order valence-corrected chi connectivity index (χ4v) is 2.98. The number of hydrogen-bond acceptors (Lipinski definition) is 1. The van der Waals surface area contributed by atoms with Gasteiger partial charge in [0, 0.05) is 0 Å². The van der Waals surface area contributed by atoms with Gasteiger partial charge in [-0.05, 0) is 61.7 Å². The average Bonchev–Trinajstić information content (AvgIpc) is 2.94. The van der Waals surface area contributed by atoms with E-state index in [-0.39, 0.29) is 0 Å². The molecule has 2 unspecified atom stereocenters. The summed E-state index contributed by atoms with van der Waals surface area (Å²) in [5, 5.41) is 3.61. The maximum atomic E-state index is 3.61. The second-order valence-electron chi connectivity index (χ2n) is 6.69. The molecule has 1 nitrogen and oxygen atoms in total. The van der Waals surface area contributed by atoms with E-state index >= 15 is 0 Å². The number of rotatable bonds is 5. The normalized spacial score (nSPS) is 26.7. The SMILES string of the molecule is Cc1ccc(C)c(C2(C)CC2CNCC(C)C)c1. The summed E-state index contributed by atoms with van der Waals surface area (Å²) in [6.07, 6.45) is 1.34. The van der Waals surface area contributed by atoms with Crippen LogP contribution in [0.1, 0.15) is 43.9 Å². The smallest absolute Gasteiger partial charge is 0.00117 e. The van der Waals surface area contributed by atoms with E-state index in [0.29, 0.717) is 5.41 Å². The van der Waals surface area contributed by atoms with Crippen LogP contribution in [0.15, 0.2) is 18.2 Å². The van der Waals surface area contributed by atoms with E-state index in [1.807, 2.05) is 0 Å². The van der Waals surface area contributed by atoms with Gasteiger partial charge in [-0.25, -0.2) is 0 Å². The van der Waals surface area contributed by atoms with Crippen molar-refractivity contribution in [2.24, 2.45) is 11.8 Å². The lowest BCUT2D eigenvalue weighted by Gasteiger charge is -2.16. The topological polar surface area (TPSA) is 12.0 Å². The molecule has 2 atom stereocenters. The molecule has 0 radical (unpaired) electrons. The first-order valence-corrected chi connectivity index (χ1v) is 7.22. The molecule has 1 saturated carbocycles. The van der Waals surface area contributed by atoms with Crippen LogP contribution < -0.4 is 5.32 Å². The Bertz CT molecular complexity index is 422. The second-order valence-corrected chi connectivity index (χ2v) is 6.69. The van der Waals surface area contributed by atoms with Crippen molar-refractivity contribution in [3.05, 3.63) is 34.9 Å². The van der Waals surface area contributed by atoms with Gasteiger partial charge in [-0.15, -0.1) is 0 Å². The Morgan fingerprint density at radius 3 is 2.72 bits per heavy atom. The largest absolute Gasteiger partial charge is 0.316 e. The zero-order valence-corrected chi connectivity index (χ0v) is 12.5. The molecule has 0 aromatic heterocycles. The summed E-state index contributed by atoms with van der Waals surface area (Å²) in [5.41, 5.74) is 4.83. The molecule has 2 rings (SSSR count). The minimum Gasteiger partial charge on any atom is -0.316 e. The highest BCUT2D eigenvalue weighted by molar-refractivity contribution is 5.41. The quantitative estimate of drug-likeness (QED) is 0.831. The number of hydrogen-bond donors (Lipinski definition) is 1. The molecule has 0 bridgehead atoms. The first kappa shape index (κ1) is 13.6. The molecular formula is C17H27N. The fraction of sp³-hybridized carbons (Fsp3) is 0.647. The molecule has 0 aliphatic heterocycles. The van der Waals surface area contributed by atoms with Crippen LogP contribution in [0, 0.1) is 25.7 Å².